The largest absolute Gasteiger partial charge is 0.497 e. The first kappa shape index (κ1) is 13.3. The molecule has 0 fully saturated rings. The van der Waals surface area contributed by atoms with Crippen molar-refractivity contribution in [1.82, 2.24) is 0 Å². The van der Waals surface area contributed by atoms with E-state index < -0.39 is 0 Å². The van der Waals surface area contributed by atoms with Gasteiger partial charge in [-0.25, -0.2) is 0 Å². The first-order valence-corrected chi connectivity index (χ1v) is 6.63. The highest BCUT2D eigenvalue weighted by Gasteiger charge is 2.05. The van der Waals surface area contributed by atoms with Crippen LogP contribution in [0, 0.1) is 0 Å². The number of aliphatic hydroxyl groups excluding tert-OH is 1. The summed E-state index contributed by atoms with van der Waals surface area (Å²) in [6, 6.07) is 13.3. The quantitative estimate of drug-likeness (QED) is 0.918. The zero-order valence-electron chi connectivity index (χ0n) is 9.89. The summed E-state index contributed by atoms with van der Waals surface area (Å²) < 4.78 is 5.18. The number of aliphatic hydroxyl groups is 1. The highest BCUT2D eigenvalue weighted by molar-refractivity contribution is 7.99. The van der Waals surface area contributed by atoms with Crippen LogP contribution < -0.4 is 4.74 Å². The summed E-state index contributed by atoms with van der Waals surface area (Å²) in [6.07, 6.45) is 0. The van der Waals surface area contributed by atoms with E-state index in [4.69, 9.17) is 16.3 Å². The molecule has 1 N–H and O–H groups in total. The summed E-state index contributed by atoms with van der Waals surface area (Å²) in [5.74, 6) is 0.819. The molecule has 0 aromatic heterocycles. The minimum Gasteiger partial charge on any atom is -0.497 e. The van der Waals surface area contributed by atoms with Gasteiger partial charge >= 0.3 is 0 Å². The smallest absolute Gasteiger partial charge is 0.119 e. The molecule has 2 nitrogen and oxygen atoms in total. The van der Waals surface area contributed by atoms with Crippen molar-refractivity contribution < 1.29 is 9.84 Å². The van der Waals surface area contributed by atoms with E-state index in [1.807, 2.05) is 36.4 Å². The van der Waals surface area contributed by atoms with E-state index in [1.165, 1.54) is 0 Å². The molecule has 0 heterocycles. The van der Waals surface area contributed by atoms with Crippen LogP contribution >= 0.6 is 23.4 Å². The fraction of sp³-hybridized carbons (Fsp3) is 0.143. The summed E-state index contributed by atoms with van der Waals surface area (Å²) >= 11 is 7.48. The van der Waals surface area contributed by atoms with Crippen molar-refractivity contribution in [3.05, 3.63) is 53.1 Å². The van der Waals surface area contributed by atoms with Gasteiger partial charge in [-0.1, -0.05) is 29.4 Å². The molecule has 2 aromatic rings. The molecule has 0 atom stereocenters. The van der Waals surface area contributed by atoms with E-state index in [0.29, 0.717) is 5.02 Å². The summed E-state index contributed by atoms with van der Waals surface area (Å²) in [4.78, 5) is 2.06. The van der Waals surface area contributed by atoms with Gasteiger partial charge in [-0.2, -0.15) is 0 Å². The lowest BCUT2D eigenvalue weighted by molar-refractivity contribution is 0.279. The van der Waals surface area contributed by atoms with Gasteiger partial charge in [-0.05, 0) is 42.0 Å². The number of ether oxygens (including phenoxy) is 1. The maximum atomic E-state index is 9.32. The monoisotopic (exact) mass is 280 g/mol. The molecule has 2 aromatic carbocycles. The molecular weight excluding hydrogens is 268 g/mol. The summed E-state index contributed by atoms with van der Waals surface area (Å²) in [5, 5.41) is 9.96. The second kappa shape index (κ2) is 6.14. The van der Waals surface area contributed by atoms with Gasteiger partial charge in [-0.15, -0.1) is 0 Å². The molecule has 4 heteroatoms. The second-order valence-corrected chi connectivity index (χ2v) is 5.24. The number of benzene rings is 2. The van der Waals surface area contributed by atoms with Gasteiger partial charge < -0.3 is 9.84 Å². The number of hydrogen-bond donors (Lipinski definition) is 1. The number of hydrogen-bond acceptors (Lipinski definition) is 3. The molecule has 0 unspecified atom stereocenters. The van der Waals surface area contributed by atoms with E-state index >= 15 is 0 Å². The Morgan fingerprint density at radius 1 is 1.22 bits per heavy atom. The Kier molecular flexibility index (Phi) is 4.53. The molecule has 18 heavy (non-hydrogen) atoms. The Labute approximate surface area is 116 Å². The van der Waals surface area contributed by atoms with Gasteiger partial charge in [0.05, 0.1) is 13.7 Å². The van der Waals surface area contributed by atoms with Crippen molar-refractivity contribution in [3.63, 3.8) is 0 Å². The highest BCUT2D eigenvalue weighted by atomic mass is 35.5. The number of methoxy groups -OCH3 is 1. The fourth-order valence-electron chi connectivity index (χ4n) is 1.56. The van der Waals surface area contributed by atoms with Gasteiger partial charge in [0.15, 0.2) is 0 Å². The molecule has 0 spiro atoms. The van der Waals surface area contributed by atoms with Gasteiger partial charge in [0, 0.05) is 14.8 Å². The van der Waals surface area contributed by atoms with Crippen molar-refractivity contribution in [2.45, 2.75) is 16.4 Å². The van der Waals surface area contributed by atoms with Crippen LogP contribution in [0.5, 0.6) is 5.75 Å². The van der Waals surface area contributed by atoms with E-state index in [-0.39, 0.29) is 6.61 Å². The third-order valence-electron chi connectivity index (χ3n) is 2.46. The van der Waals surface area contributed by atoms with E-state index in [9.17, 15) is 5.11 Å². The average Bonchev–Trinajstić information content (AvgIpc) is 2.41. The Bertz CT molecular complexity index is 543. The zero-order chi connectivity index (χ0) is 13.0. The average molecular weight is 281 g/mol. The Balaban J connectivity index is 2.27. The molecule has 0 amide bonds. The van der Waals surface area contributed by atoms with Crippen molar-refractivity contribution in [3.8, 4) is 5.75 Å². The zero-order valence-corrected chi connectivity index (χ0v) is 11.5. The fourth-order valence-corrected chi connectivity index (χ4v) is 2.72. The lowest BCUT2D eigenvalue weighted by atomic mass is 10.2. The van der Waals surface area contributed by atoms with E-state index in [1.54, 1.807) is 24.9 Å². The predicted octanol–water partition coefficient (Wildman–Crippen LogP) is 3.99. The molecule has 0 saturated heterocycles. The molecule has 0 aliphatic rings. The van der Waals surface area contributed by atoms with Gasteiger partial charge in [0.2, 0.25) is 0 Å². The van der Waals surface area contributed by atoms with Crippen LogP contribution in [-0.4, -0.2) is 12.2 Å². The molecule has 0 bridgehead atoms. The minimum atomic E-state index is -0.0210. The SMILES string of the molecule is COc1cccc(Sc2ccc(Cl)cc2CO)c1. The normalized spacial score (nSPS) is 10.4. The molecule has 0 aliphatic carbocycles. The first-order valence-electron chi connectivity index (χ1n) is 5.44. The molecule has 0 aliphatic heterocycles. The molecule has 0 radical (unpaired) electrons. The van der Waals surface area contributed by atoms with Crippen LogP contribution in [0.1, 0.15) is 5.56 Å². The van der Waals surface area contributed by atoms with Crippen molar-refractivity contribution in [1.29, 1.82) is 0 Å². The minimum absolute atomic E-state index is 0.0210. The number of halogens is 1. The topological polar surface area (TPSA) is 29.5 Å². The van der Waals surface area contributed by atoms with Crippen LogP contribution in [0.3, 0.4) is 0 Å². The first-order chi connectivity index (χ1) is 8.72. The van der Waals surface area contributed by atoms with E-state index in [2.05, 4.69) is 0 Å². The molecule has 94 valence electrons. The van der Waals surface area contributed by atoms with Crippen LogP contribution in [0.2, 0.25) is 5.02 Å². The lowest BCUT2D eigenvalue weighted by Gasteiger charge is -2.08. The van der Waals surface area contributed by atoms with Crippen LogP contribution in [-0.2, 0) is 6.61 Å². The van der Waals surface area contributed by atoms with Crippen molar-refractivity contribution in [2.24, 2.45) is 0 Å². The van der Waals surface area contributed by atoms with Crippen LogP contribution in [0.15, 0.2) is 52.3 Å². The maximum Gasteiger partial charge on any atom is 0.119 e. The van der Waals surface area contributed by atoms with Crippen molar-refractivity contribution >= 4 is 23.4 Å². The third kappa shape index (κ3) is 3.19. The van der Waals surface area contributed by atoms with Gasteiger partial charge in [0.1, 0.15) is 5.75 Å². The van der Waals surface area contributed by atoms with Crippen molar-refractivity contribution in [2.75, 3.05) is 7.11 Å². The molecular formula is C14H13ClO2S. The second-order valence-electron chi connectivity index (χ2n) is 3.69. The summed E-state index contributed by atoms with van der Waals surface area (Å²) in [6.45, 7) is -0.0210. The van der Waals surface area contributed by atoms with Gasteiger partial charge in [-0.3, -0.25) is 0 Å². The van der Waals surface area contributed by atoms with E-state index in [0.717, 1.165) is 21.1 Å². The predicted molar refractivity (Wildman–Crippen MR) is 74.5 cm³/mol. The van der Waals surface area contributed by atoms with Crippen LogP contribution in [0.25, 0.3) is 0 Å². The Morgan fingerprint density at radius 2 is 2.06 bits per heavy atom. The van der Waals surface area contributed by atoms with Gasteiger partial charge in [0.25, 0.3) is 0 Å². The molecule has 0 saturated carbocycles. The highest BCUT2D eigenvalue weighted by Crippen LogP contribution is 2.33. The van der Waals surface area contributed by atoms with Crippen LogP contribution in [0.4, 0.5) is 0 Å². The number of rotatable bonds is 4. The Hall–Kier alpha value is -1.16. The standard InChI is InChI=1S/C14H13ClO2S/c1-17-12-3-2-4-13(8-12)18-14-6-5-11(15)7-10(14)9-16/h2-8,16H,9H2,1H3. The maximum absolute atomic E-state index is 9.32. The third-order valence-corrected chi connectivity index (χ3v) is 3.80. The summed E-state index contributed by atoms with van der Waals surface area (Å²) in [7, 11) is 1.64. The molecule has 2 rings (SSSR count). The lowest BCUT2D eigenvalue weighted by Crippen LogP contribution is -1.88. The summed E-state index contributed by atoms with van der Waals surface area (Å²) in [5.41, 5.74) is 0.829. The Morgan fingerprint density at radius 3 is 2.78 bits per heavy atom.